The molecule has 16 heavy (non-hydrogen) atoms. The molecular formula is C14H28N2. The van der Waals surface area contributed by atoms with Crippen molar-refractivity contribution in [2.45, 2.75) is 64.5 Å². The maximum absolute atomic E-state index is 3.61. The standard InChI is InChI=1S/C14H28N2/c1-14(2)9-5-4-8-13(14)16(3)11-12-7-6-10-15-12/h12-13,15H,4-11H2,1-3H3. The average Bonchev–Trinajstić information content (AvgIpc) is 2.69. The fourth-order valence-corrected chi connectivity index (χ4v) is 3.68. The highest BCUT2D eigenvalue weighted by Crippen LogP contribution is 2.38. The van der Waals surface area contributed by atoms with Gasteiger partial charge >= 0.3 is 0 Å². The van der Waals surface area contributed by atoms with Crippen LogP contribution in [0.2, 0.25) is 0 Å². The molecule has 1 heterocycles. The van der Waals surface area contributed by atoms with Gasteiger partial charge in [0.2, 0.25) is 0 Å². The predicted molar refractivity (Wildman–Crippen MR) is 69.7 cm³/mol. The quantitative estimate of drug-likeness (QED) is 0.793. The fraction of sp³-hybridized carbons (Fsp3) is 1.00. The molecule has 0 aromatic carbocycles. The average molecular weight is 224 g/mol. The number of hydrogen-bond acceptors (Lipinski definition) is 2. The first kappa shape index (κ1) is 12.4. The number of hydrogen-bond donors (Lipinski definition) is 1. The lowest BCUT2D eigenvalue weighted by atomic mass is 9.72. The molecule has 0 amide bonds. The minimum Gasteiger partial charge on any atom is -0.313 e. The first-order valence-corrected chi connectivity index (χ1v) is 7.03. The molecular weight excluding hydrogens is 196 g/mol. The fourth-order valence-electron chi connectivity index (χ4n) is 3.68. The van der Waals surface area contributed by atoms with Gasteiger partial charge in [0.25, 0.3) is 0 Å². The molecule has 2 aliphatic rings. The second-order valence-corrected chi connectivity index (χ2v) is 6.48. The predicted octanol–water partition coefficient (Wildman–Crippen LogP) is 2.64. The molecule has 94 valence electrons. The topological polar surface area (TPSA) is 15.3 Å². The molecule has 1 saturated heterocycles. The van der Waals surface area contributed by atoms with Crippen molar-refractivity contribution in [3.63, 3.8) is 0 Å². The van der Waals surface area contributed by atoms with Crippen molar-refractivity contribution >= 4 is 0 Å². The van der Waals surface area contributed by atoms with Crippen molar-refractivity contribution in [2.24, 2.45) is 5.41 Å². The Hall–Kier alpha value is -0.0800. The van der Waals surface area contributed by atoms with Crippen molar-refractivity contribution in [2.75, 3.05) is 20.1 Å². The van der Waals surface area contributed by atoms with Crippen molar-refractivity contribution in [1.82, 2.24) is 10.2 Å². The molecule has 1 saturated carbocycles. The maximum atomic E-state index is 3.61. The van der Waals surface area contributed by atoms with Crippen LogP contribution in [0.1, 0.15) is 52.4 Å². The normalized spacial score (nSPS) is 34.5. The molecule has 0 aromatic heterocycles. The van der Waals surface area contributed by atoms with Gasteiger partial charge in [-0.25, -0.2) is 0 Å². The summed E-state index contributed by atoms with van der Waals surface area (Å²) in [6, 6.07) is 1.55. The summed E-state index contributed by atoms with van der Waals surface area (Å²) in [6.45, 7) is 7.38. The Morgan fingerprint density at radius 1 is 1.19 bits per heavy atom. The highest BCUT2D eigenvalue weighted by Gasteiger charge is 2.35. The zero-order valence-electron chi connectivity index (χ0n) is 11.3. The molecule has 1 aliphatic carbocycles. The van der Waals surface area contributed by atoms with Gasteiger partial charge in [0, 0.05) is 18.6 Å². The van der Waals surface area contributed by atoms with Crippen LogP contribution in [0, 0.1) is 5.41 Å². The van der Waals surface area contributed by atoms with E-state index in [-0.39, 0.29) is 0 Å². The zero-order chi connectivity index (χ0) is 11.6. The third kappa shape index (κ3) is 2.78. The van der Waals surface area contributed by atoms with Gasteiger partial charge in [-0.1, -0.05) is 26.7 Å². The zero-order valence-corrected chi connectivity index (χ0v) is 11.3. The Morgan fingerprint density at radius 2 is 2.00 bits per heavy atom. The number of likely N-dealkylation sites (N-methyl/N-ethyl adjacent to an activating group) is 1. The van der Waals surface area contributed by atoms with Gasteiger partial charge in [-0.2, -0.15) is 0 Å². The first-order chi connectivity index (χ1) is 7.59. The number of rotatable bonds is 3. The first-order valence-electron chi connectivity index (χ1n) is 7.03. The van der Waals surface area contributed by atoms with Crippen molar-refractivity contribution in [3.05, 3.63) is 0 Å². The van der Waals surface area contributed by atoms with Gasteiger partial charge in [0.1, 0.15) is 0 Å². The van der Waals surface area contributed by atoms with Crippen LogP contribution in [0.25, 0.3) is 0 Å². The lowest BCUT2D eigenvalue weighted by molar-refractivity contribution is 0.0627. The van der Waals surface area contributed by atoms with E-state index in [1.807, 2.05) is 0 Å². The van der Waals surface area contributed by atoms with Crippen LogP contribution >= 0.6 is 0 Å². The van der Waals surface area contributed by atoms with Gasteiger partial charge in [-0.05, 0) is 44.7 Å². The molecule has 2 atom stereocenters. The number of nitrogens with one attached hydrogen (secondary N) is 1. The minimum atomic E-state index is 0.519. The van der Waals surface area contributed by atoms with Crippen LogP contribution in [0.4, 0.5) is 0 Å². The molecule has 2 nitrogen and oxygen atoms in total. The van der Waals surface area contributed by atoms with E-state index in [0.29, 0.717) is 5.41 Å². The SMILES string of the molecule is CN(CC1CCCN1)C1CCCCC1(C)C. The summed E-state index contributed by atoms with van der Waals surface area (Å²) >= 11 is 0. The summed E-state index contributed by atoms with van der Waals surface area (Å²) in [5, 5.41) is 3.61. The molecule has 2 rings (SSSR count). The number of nitrogens with zero attached hydrogens (tertiary/aromatic N) is 1. The van der Waals surface area contributed by atoms with Crippen LogP contribution in [-0.4, -0.2) is 37.1 Å². The Kier molecular flexibility index (Phi) is 3.91. The molecule has 0 aromatic rings. The van der Waals surface area contributed by atoms with E-state index in [0.717, 1.165) is 12.1 Å². The lowest BCUT2D eigenvalue weighted by Crippen LogP contribution is -2.49. The third-order valence-corrected chi connectivity index (χ3v) is 4.65. The molecule has 1 N–H and O–H groups in total. The molecule has 0 bridgehead atoms. The summed E-state index contributed by atoms with van der Waals surface area (Å²) in [4.78, 5) is 2.63. The van der Waals surface area contributed by atoms with Crippen LogP contribution in [0.5, 0.6) is 0 Å². The van der Waals surface area contributed by atoms with E-state index in [4.69, 9.17) is 0 Å². The van der Waals surface area contributed by atoms with Crippen LogP contribution in [-0.2, 0) is 0 Å². The van der Waals surface area contributed by atoms with E-state index in [1.54, 1.807) is 0 Å². The van der Waals surface area contributed by atoms with Gasteiger partial charge in [0.05, 0.1) is 0 Å². The van der Waals surface area contributed by atoms with Gasteiger partial charge in [-0.3, -0.25) is 0 Å². The molecule has 2 fully saturated rings. The van der Waals surface area contributed by atoms with Crippen LogP contribution in [0.15, 0.2) is 0 Å². The lowest BCUT2D eigenvalue weighted by Gasteiger charge is -2.44. The molecule has 0 spiro atoms. The smallest absolute Gasteiger partial charge is 0.0195 e. The van der Waals surface area contributed by atoms with Gasteiger partial charge in [-0.15, -0.1) is 0 Å². The van der Waals surface area contributed by atoms with Gasteiger partial charge < -0.3 is 10.2 Å². The molecule has 2 heteroatoms. The minimum absolute atomic E-state index is 0.519. The van der Waals surface area contributed by atoms with E-state index in [9.17, 15) is 0 Å². The summed E-state index contributed by atoms with van der Waals surface area (Å²) in [6.07, 6.45) is 8.40. The van der Waals surface area contributed by atoms with Gasteiger partial charge in [0.15, 0.2) is 0 Å². The Balaban J connectivity index is 1.88. The molecule has 1 aliphatic heterocycles. The van der Waals surface area contributed by atoms with Crippen molar-refractivity contribution < 1.29 is 0 Å². The van der Waals surface area contributed by atoms with E-state index >= 15 is 0 Å². The van der Waals surface area contributed by atoms with E-state index < -0.39 is 0 Å². The second kappa shape index (κ2) is 5.05. The summed E-state index contributed by atoms with van der Waals surface area (Å²) in [5.41, 5.74) is 0.519. The highest BCUT2D eigenvalue weighted by atomic mass is 15.2. The summed E-state index contributed by atoms with van der Waals surface area (Å²) in [5.74, 6) is 0. The Labute approximate surface area is 101 Å². The monoisotopic (exact) mass is 224 g/mol. The largest absolute Gasteiger partial charge is 0.313 e. The second-order valence-electron chi connectivity index (χ2n) is 6.48. The van der Waals surface area contributed by atoms with Crippen LogP contribution in [0.3, 0.4) is 0 Å². The van der Waals surface area contributed by atoms with E-state index in [1.165, 1.54) is 51.6 Å². The van der Waals surface area contributed by atoms with E-state index in [2.05, 4.69) is 31.1 Å². The summed E-state index contributed by atoms with van der Waals surface area (Å²) in [7, 11) is 2.33. The Bertz CT molecular complexity index is 219. The third-order valence-electron chi connectivity index (χ3n) is 4.65. The summed E-state index contributed by atoms with van der Waals surface area (Å²) < 4.78 is 0. The highest BCUT2D eigenvalue weighted by molar-refractivity contribution is 4.90. The molecule has 2 unspecified atom stereocenters. The molecule has 0 radical (unpaired) electrons. The van der Waals surface area contributed by atoms with Crippen LogP contribution < -0.4 is 5.32 Å². The van der Waals surface area contributed by atoms with Crippen molar-refractivity contribution in [3.8, 4) is 0 Å². The maximum Gasteiger partial charge on any atom is 0.0195 e. The Morgan fingerprint density at radius 3 is 2.62 bits per heavy atom. The van der Waals surface area contributed by atoms with Crippen molar-refractivity contribution in [1.29, 1.82) is 0 Å².